The molecule has 0 saturated heterocycles. The highest BCUT2D eigenvalue weighted by Crippen LogP contribution is 2.22. The van der Waals surface area contributed by atoms with Gasteiger partial charge in [-0.3, -0.25) is 33.8 Å². The maximum absolute atomic E-state index is 13.4. The number of nitrogens with two attached hydrogens (primary N) is 3. The minimum Gasteiger partial charge on any atom is -0.481 e. The molecule has 2 heterocycles. The number of thiazole rings is 1. The van der Waals surface area contributed by atoms with E-state index in [0.717, 1.165) is 0 Å². The van der Waals surface area contributed by atoms with E-state index in [9.17, 15) is 33.9 Å². The molecule has 0 aliphatic carbocycles. The van der Waals surface area contributed by atoms with Crippen molar-refractivity contribution in [2.45, 2.75) is 55.6 Å². The van der Waals surface area contributed by atoms with Gasteiger partial charge < -0.3 is 48.9 Å². The van der Waals surface area contributed by atoms with Gasteiger partial charge in [-0.05, 0) is 18.4 Å². The number of thioether (sulfide) groups is 1. The Labute approximate surface area is 278 Å². The molecule has 47 heavy (non-hydrogen) atoms. The Morgan fingerprint density at radius 2 is 1.66 bits per heavy atom. The van der Waals surface area contributed by atoms with Crippen LogP contribution in [0.25, 0.3) is 0 Å². The lowest BCUT2D eigenvalue weighted by atomic mass is 10.0. The number of carbonyl (C=O) groups excluding carboxylic acids is 5. The number of rotatable bonds is 9. The zero-order valence-electron chi connectivity index (χ0n) is 25.3. The molecular weight excluding hydrogens is 653 g/mol. The van der Waals surface area contributed by atoms with Crippen LogP contribution < -0.4 is 43.8 Å². The van der Waals surface area contributed by atoms with E-state index in [1.165, 1.54) is 23.1 Å². The number of guanidine groups is 1. The van der Waals surface area contributed by atoms with Crippen molar-refractivity contribution < 1.29 is 33.9 Å². The lowest BCUT2D eigenvalue weighted by Gasteiger charge is -2.24. The number of carboxylic acid groups (broad SMARTS) is 1. The zero-order chi connectivity index (χ0) is 34.3. The minimum absolute atomic E-state index is 0.0139. The number of nitrogens with one attached hydrogen (secondary N) is 5. The second kappa shape index (κ2) is 18.3. The van der Waals surface area contributed by atoms with Gasteiger partial charge in [0.15, 0.2) is 11.1 Å². The molecule has 1 aromatic heterocycles. The summed E-state index contributed by atoms with van der Waals surface area (Å²) in [5, 5.41) is 24.6. The van der Waals surface area contributed by atoms with E-state index in [-0.39, 0.29) is 31.1 Å². The van der Waals surface area contributed by atoms with E-state index in [1.54, 1.807) is 35.7 Å². The van der Waals surface area contributed by atoms with Crippen LogP contribution in [0.2, 0.25) is 0 Å². The summed E-state index contributed by atoms with van der Waals surface area (Å²) in [5.41, 5.74) is 17.7. The molecule has 0 fully saturated rings. The van der Waals surface area contributed by atoms with Crippen LogP contribution >= 0.6 is 23.1 Å². The van der Waals surface area contributed by atoms with Crippen LogP contribution in [-0.4, -0.2) is 94.6 Å². The number of hydrogen-bond donors (Lipinski definition) is 9. The molecule has 1 aliphatic rings. The number of fused-ring (bicyclic) bond motifs is 2. The number of benzene rings is 1. The number of aliphatic carboxylic acids is 1. The van der Waals surface area contributed by atoms with E-state index in [2.05, 4.69) is 36.6 Å². The van der Waals surface area contributed by atoms with Crippen molar-refractivity contribution in [3.8, 4) is 0 Å². The predicted molar refractivity (Wildman–Crippen MR) is 176 cm³/mol. The molecule has 0 saturated carbocycles. The molecule has 19 heteroatoms. The summed E-state index contributed by atoms with van der Waals surface area (Å²) in [7, 11) is 0. The Balaban J connectivity index is 1.89. The number of anilines is 1. The predicted octanol–water partition coefficient (Wildman–Crippen LogP) is -2.00. The fourth-order valence-electron chi connectivity index (χ4n) is 4.36. The van der Waals surface area contributed by atoms with Crippen LogP contribution in [0.5, 0.6) is 0 Å². The van der Waals surface area contributed by atoms with Gasteiger partial charge in [0, 0.05) is 29.9 Å². The van der Waals surface area contributed by atoms with Crippen molar-refractivity contribution >= 4 is 69.7 Å². The average molecular weight is 691 g/mol. The molecule has 254 valence electrons. The van der Waals surface area contributed by atoms with Crippen molar-refractivity contribution in [2.24, 2.45) is 22.2 Å². The van der Waals surface area contributed by atoms with Gasteiger partial charge in [0.2, 0.25) is 29.5 Å². The third-order valence-electron chi connectivity index (χ3n) is 6.67. The van der Waals surface area contributed by atoms with Crippen LogP contribution in [0.1, 0.15) is 30.5 Å². The standard InChI is InChI=1S/C28H38N10O7S2/c29-23(42)20-14-46-12-16-13-47-28(34-16)38-17(7-4-8-32-27(30)31)24(43)33-11-21(39)35-19(10-22(40)41)26(45)36-18(25(44)37-20)9-15-5-2-1-3-6-15/h1-3,5-6,13,17-20H,4,7-12,14H2,(H2,29,42)(H,33,43)(H,34,38)(H,35,39)(H,36,45)(H,37,44)(H,40,41)(H4,30,31,32)/t17?,18?,19-,20-/m0/s1. The Morgan fingerprint density at radius 3 is 2.34 bits per heavy atom. The Kier molecular flexibility index (Phi) is 14.2. The first-order chi connectivity index (χ1) is 22.4. The first-order valence-corrected chi connectivity index (χ1v) is 16.5. The summed E-state index contributed by atoms with van der Waals surface area (Å²) in [4.78, 5) is 85.0. The van der Waals surface area contributed by atoms with Gasteiger partial charge in [0.25, 0.3) is 0 Å². The zero-order valence-corrected chi connectivity index (χ0v) is 26.9. The van der Waals surface area contributed by atoms with E-state index in [1.807, 2.05) is 0 Å². The fraction of sp³-hybridized carbons (Fsp3) is 0.429. The number of carboxylic acids is 1. The van der Waals surface area contributed by atoms with Gasteiger partial charge in [0.05, 0.1) is 18.7 Å². The molecule has 0 radical (unpaired) electrons. The van der Waals surface area contributed by atoms with E-state index < -0.39 is 72.6 Å². The maximum atomic E-state index is 13.4. The summed E-state index contributed by atoms with van der Waals surface area (Å²) < 4.78 is 0. The molecule has 0 spiro atoms. The van der Waals surface area contributed by atoms with Gasteiger partial charge >= 0.3 is 5.97 Å². The Morgan fingerprint density at radius 1 is 0.936 bits per heavy atom. The quantitative estimate of drug-likeness (QED) is 0.0785. The summed E-state index contributed by atoms with van der Waals surface area (Å²) in [6, 6.07) is 3.87. The summed E-state index contributed by atoms with van der Waals surface area (Å²) in [5.74, 6) is -4.97. The molecule has 17 nitrogen and oxygen atoms in total. The van der Waals surface area contributed by atoms with Gasteiger partial charge in [0.1, 0.15) is 24.2 Å². The number of carbonyl (C=O) groups is 6. The Hall–Kier alpha value is -4.91. The second-order valence-corrected chi connectivity index (χ2v) is 12.3. The van der Waals surface area contributed by atoms with Gasteiger partial charge in [-0.15, -0.1) is 11.3 Å². The van der Waals surface area contributed by atoms with Crippen LogP contribution in [0.4, 0.5) is 5.13 Å². The maximum Gasteiger partial charge on any atom is 0.305 e. The first-order valence-electron chi connectivity index (χ1n) is 14.5. The molecular formula is C28H38N10O7S2. The fourth-order valence-corrected chi connectivity index (χ4v) is 6.19. The SMILES string of the molecule is NC(=O)[C@@H]1CSCc2csc(n2)NC(CCCN=C(N)N)C(=O)NCC(=O)N[C@@H](CC(=O)O)C(=O)NC(Cc2ccccc2)C(=O)N1. The summed E-state index contributed by atoms with van der Waals surface area (Å²) in [6.07, 6.45) is -0.150. The highest BCUT2D eigenvalue weighted by atomic mass is 32.2. The highest BCUT2D eigenvalue weighted by Gasteiger charge is 2.31. The summed E-state index contributed by atoms with van der Waals surface area (Å²) >= 11 is 2.53. The topological polar surface area (TPSA) is 286 Å². The van der Waals surface area contributed by atoms with Gasteiger partial charge in [-0.1, -0.05) is 30.3 Å². The van der Waals surface area contributed by atoms with Gasteiger partial charge in [-0.25, -0.2) is 4.98 Å². The number of aliphatic imine (C=N–C) groups is 1. The van der Waals surface area contributed by atoms with Crippen molar-refractivity contribution in [3.05, 3.63) is 47.0 Å². The van der Waals surface area contributed by atoms with E-state index >= 15 is 0 Å². The molecule has 1 aliphatic heterocycles. The normalized spacial score (nSPS) is 21.5. The van der Waals surface area contributed by atoms with E-state index in [4.69, 9.17) is 17.2 Å². The number of amides is 5. The lowest BCUT2D eigenvalue weighted by molar-refractivity contribution is -0.141. The molecule has 5 amide bonds. The van der Waals surface area contributed by atoms with Crippen LogP contribution in [0.3, 0.4) is 0 Å². The van der Waals surface area contributed by atoms with Crippen molar-refractivity contribution in [3.63, 3.8) is 0 Å². The number of hydrogen-bond acceptors (Lipinski definition) is 11. The smallest absolute Gasteiger partial charge is 0.305 e. The molecule has 3 rings (SSSR count). The minimum atomic E-state index is -1.60. The van der Waals surface area contributed by atoms with E-state index in [0.29, 0.717) is 28.6 Å². The summed E-state index contributed by atoms with van der Waals surface area (Å²) in [6.45, 7) is -0.328. The lowest BCUT2D eigenvalue weighted by Crippen LogP contribution is -2.58. The molecule has 2 bridgehead atoms. The molecule has 12 N–H and O–H groups in total. The van der Waals surface area contributed by atoms with Crippen molar-refractivity contribution in [1.82, 2.24) is 26.3 Å². The molecule has 2 unspecified atom stereocenters. The Bertz CT molecular complexity index is 1450. The molecule has 2 aromatic rings. The monoisotopic (exact) mass is 690 g/mol. The average Bonchev–Trinajstić information content (AvgIpc) is 3.46. The van der Waals surface area contributed by atoms with Crippen molar-refractivity contribution in [2.75, 3.05) is 24.2 Å². The largest absolute Gasteiger partial charge is 0.481 e. The third kappa shape index (κ3) is 12.8. The highest BCUT2D eigenvalue weighted by molar-refractivity contribution is 7.98. The van der Waals surface area contributed by atoms with Crippen LogP contribution in [-0.2, 0) is 40.9 Å². The number of nitrogens with zero attached hydrogens (tertiary/aromatic N) is 2. The second-order valence-electron chi connectivity index (χ2n) is 10.5. The first kappa shape index (κ1) is 36.6. The van der Waals surface area contributed by atoms with Gasteiger partial charge in [-0.2, -0.15) is 11.8 Å². The number of primary amides is 1. The van der Waals surface area contributed by atoms with Crippen LogP contribution in [0, 0.1) is 0 Å². The van der Waals surface area contributed by atoms with Crippen LogP contribution in [0.15, 0.2) is 40.7 Å². The molecule has 1 aromatic carbocycles. The van der Waals surface area contributed by atoms with Crippen molar-refractivity contribution in [1.29, 1.82) is 0 Å². The molecule has 4 atom stereocenters. The number of aromatic nitrogens is 1. The third-order valence-corrected chi connectivity index (χ3v) is 8.57.